The number of para-hydroxylation sites is 1. The highest BCUT2D eigenvalue weighted by molar-refractivity contribution is 5.91. The molecule has 5 N–H and O–H groups in total. The zero-order chi connectivity index (χ0) is 9.14. The van der Waals surface area contributed by atoms with Gasteiger partial charge in [-0.05, 0) is 12.1 Å². The Morgan fingerprint density at radius 1 is 1.50 bits per heavy atom. The standard InChI is InChI=1S/C7H8FN3O/c8-4-2-1-3-5(9)6(4)11-7(10)12/h1-3H,9H2,(H3,10,11,12). The molecule has 1 aromatic carbocycles. The van der Waals surface area contributed by atoms with E-state index in [0.717, 1.165) is 0 Å². The van der Waals surface area contributed by atoms with Crippen molar-refractivity contribution in [2.24, 2.45) is 5.73 Å². The van der Waals surface area contributed by atoms with Crippen molar-refractivity contribution in [2.75, 3.05) is 11.1 Å². The van der Waals surface area contributed by atoms with Crippen LogP contribution in [0.5, 0.6) is 0 Å². The third-order valence-corrected chi connectivity index (χ3v) is 1.29. The van der Waals surface area contributed by atoms with Crippen LogP contribution in [0, 0.1) is 5.82 Å². The largest absolute Gasteiger partial charge is 0.397 e. The zero-order valence-corrected chi connectivity index (χ0v) is 6.17. The summed E-state index contributed by atoms with van der Waals surface area (Å²) < 4.78 is 12.9. The Morgan fingerprint density at radius 2 is 2.17 bits per heavy atom. The number of carbonyl (C=O) groups is 1. The molecule has 0 aliphatic heterocycles. The highest BCUT2D eigenvalue weighted by Gasteiger charge is 2.06. The molecule has 2 amide bonds. The second-order valence-electron chi connectivity index (χ2n) is 2.19. The average Bonchev–Trinajstić information content (AvgIpc) is 1.97. The Morgan fingerprint density at radius 3 is 2.67 bits per heavy atom. The summed E-state index contributed by atoms with van der Waals surface area (Å²) in [6, 6.07) is 3.25. The number of hydrogen-bond acceptors (Lipinski definition) is 2. The minimum atomic E-state index is -0.841. The lowest BCUT2D eigenvalue weighted by molar-refractivity contribution is 0.259. The molecule has 0 radical (unpaired) electrons. The first kappa shape index (κ1) is 8.32. The topological polar surface area (TPSA) is 81.1 Å². The summed E-state index contributed by atoms with van der Waals surface area (Å²) in [5.41, 5.74) is 10.2. The minimum absolute atomic E-state index is 0.0787. The number of nitrogens with two attached hydrogens (primary N) is 2. The van der Waals surface area contributed by atoms with Gasteiger partial charge in [-0.25, -0.2) is 9.18 Å². The van der Waals surface area contributed by atoms with Crippen molar-refractivity contribution in [2.45, 2.75) is 0 Å². The Bertz CT molecular complexity index is 293. The van der Waals surface area contributed by atoms with E-state index in [2.05, 4.69) is 5.32 Å². The number of halogens is 1. The zero-order valence-electron chi connectivity index (χ0n) is 6.17. The second-order valence-corrected chi connectivity index (χ2v) is 2.19. The molecule has 64 valence electrons. The third kappa shape index (κ3) is 1.63. The van der Waals surface area contributed by atoms with Crippen molar-refractivity contribution in [1.29, 1.82) is 0 Å². The third-order valence-electron chi connectivity index (χ3n) is 1.29. The predicted molar refractivity (Wildman–Crippen MR) is 44.0 cm³/mol. The van der Waals surface area contributed by atoms with E-state index in [0.29, 0.717) is 0 Å². The number of nitrogens with one attached hydrogen (secondary N) is 1. The first-order valence-corrected chi connectivity index (χ1v) is 3.21. The van der Waals surface area contributed by atoms with E-state index >= 15 is 0 Å². The SMILES string of the molecule is NC(=O)Nc1c(N)cccc1F. The summed E-state index contributed by atoms with van der Waals surface area (Å²) in [5, 5.41) is 2.08. The molecule has 0 fully saturated rings. The molecule has 1 aromatic rings. The van der Waals surface area contributed by atoms with Crippen molar-refractivity contribution in [3.63, 3.8) is 0 Å². The van der Waals surface area contributed by atoms with Crippen LogP contribution >= 0.6 is 0 Å². The van der Waals surface area contributed by atoms with Crippen LogP contribution in [-0.2, 0) is 0 Å². The first-order chi connectivity index (χ1) is 5.61. The van der Waals surface area contributed by atoms with Crippen molar-refractivity contribution in [3.8, 4) is 0 Å². The molecule has 0 unspecified atom stereocenters. The number of rotatable bonds is 1. The number of primary amides is 1. The average molecular weight is 169 g/mol. The van der Waals surface area contributed by atoms with E-state index in [1.165, 1.54) is 18.2 Å². The van der Waals surface area contributed by atoms with Gasteiger partial charge in [-0.15, -0.1) is 0 Å². The van der Waals surface area contributed by atoms with Gasteiger partial charge in [-0.2, -0.15) is 0 Å². The van der Waals surface area contributed by atoms with Crippen molar-refractivity contribution < 1.29 is 9.18 Å². The smallest absolute Gasteiger partial charge is 0.316 e. The monoisotopic (exact) mass is 169 g/mol. The van der Waals surface area contributed by atoms with Gasteiger partial charge in [0.2, 0.25) is 0 Å². The van der Waals surface area contributed by atoms with Gasteiger partial charge in [0.15, 0.2) is 0 Å². The fraction of sp³-hybridized carbons (Fsp3) is 0. The van der Waals surface area contributed by atoms with Gasteiger partial charge in [0.25, 0.3) is 0 Å². The molecule has 0 aromatic heterocycles. The van der Waals surface area contributed by atoms with Gasteiger partial charge >= 0.3 is 6.03 Å². The highest BCUT2D eigenvalue weighted by atomic mass is 19.1. The van der Waals surface area contributed by atoms with Crippen molar-refractivity contribution in [1.82, 2.24) is 0 Å². The molecule has 0 atom stereocenters. The summed E-state index contributed by atoms with van der Waals surface area (Å²) in [5.74, 6) is -0.603. The molecule has 4 nitrogen and oxygen atoms in total. The quantitative estimate of drug-likeness (QED) is 0.546. The summed E-state index contributed by atoms with van der Waals surface area (Å²) in [4.78, 5) is 10.4. The van der Waals surface area contributed by atoms with Gasteiger partial charge in [0.1, 0.15) is 11.5 Å². The molecule has 0 bridgehead atoms. The first-order valence-electron chi connectivity index (χ1n) is 3.21. The van der Waals surface area contributed by atoms with E-state index in [9.17, 15) is 9.18 Å². The van der Waals surface area contributed by atoms with Crippen molar-refractivity contribution >= 4 is 17.4 Å². The maximum atomic E-state index is 12.9. The molecular weight excluding hydrogens is 161 g/mol. The lowest BCUT2D eigenvalue weighted by atomic mass is 10.2. The van der Waals surface area contributed by atoms with Crippen LogP contribution in [0.4, 0.5) is 20.6 Å². The Labute approximate surface area is 68.4 Å². The summed E-state index contributed by atoms with van der Waals surface area (Å²) in [7, 11) is 0. The molecular formula is C7H8FN3O. The van der Waals surface area contributed by atoms with Gasteiger partial charge < -0.3 is 16.8 Å². The molecule has 0 aliphatic carbocycles. The Kier molecular flexibility index (Phi) is 2.14. The number of hydrogen-bond donors (Lipinski definition) is 3. The molecule has 5 heteroatoms. The van der Waals surface area contributed by atoms with Gasteiger partial charge in [0.05, 0.1) is 5.69 Å². The molecule has 0 saturated carbocycles. The van der Waals surface area contributed by atoms with E-state index in [1.807, 2.05) is 0 Å². The van der Waals surface area contributed by atoms with Crippen LogP contribution in [0.15, 0.2) is 18.2 Å². The molecule has 0 heterocycles. The van der Waals surface area contributed by atoms with E-state index in [1.54, 1.807) is 0 Å². The summed E-state index contributed by atoms with van der Waals surface area (Å²) in [6.07, 6.45) is 0. The molecule has 0 spiro atoms. The second kappa shape index (κ2) is 3.08. The normalized spacial score (nSPS) is 9.42. The number of nitrogen functional groups attached to an aromatic ring is 1. The maximum absolute atomic E-state index is 12.9. The van der Waals surface area contributed by atoms with Crippen LogP contribution in [0.1, 0.15) is 0 Å². The lowest BCUT2D eigenvalue weighted by Gasteiger charge is -2.05. The predicted octanol–water partition coefficient (Wildman–Crippen LogP) is 0.899. The number of anilines is 2. The highest BCUT2D eigenvalue weighted by Crippen LogP contribution is 2.20. The summed E-state index contributed by atoms with van der Waals surface area (Å²) >= 11 is 0. The number of urea groups is 1. The van der Waals surface area contributed by atoms with E-state index < -0.39 is 11.8 Å². The van der Waals surface area contributed by atoms with Crippen LogP contribution in [-0.4, -0.2) is 6.03 Å². The van der Waals surface area contributed by atoms with Gasteiger partial charge in [0, 0.05) is 0 Å². The van der Waals surface area contributed by atoms with Crippen LogP contribution in [0.2, 0.25) is 0 Å². The lowest BCUT2D eigenvalue weighted by Crippen LogP contribution is -2.20. The Hall–Kier alpha value is -1.78. The minimum Gasteiger partial charge on any atom is -0.397 e. The van der Waals surface area contributed by atoms with Gasteiger partial charge in [-0.1, -0.05) is 6.07 Å². The molecule has 12 heavy (non-hydrogen) atoms. The maximum Gasteiger partial charge on any atom is 0.316 e. The fourth-order valence-corrected chi connectivity index (χ4v) is 0.796. The summed E-state index contributed by atoms with van der Waals surface area (Å²) in [6.45, 7) is 0. The number of amides is 2. The van der Waals surface area contributed by atoms with Gasteiger partial charge in [-0.3, -0.25) is 0 Å². The van der Waals surface area contributed by atoms with Crippen molar-refractivity contribution in [3.05, 3.63) is 24.0 Å². The van der Waals surface area contributed by atoms with Crippen LogP contribution < -0.4 is 16.8 Å². The van der Waals surface area contributed by atoms with Crippen LogP contribution in [0.25, 0.3) is 0 Å². The Balaban J connectivity index is 3.04. The number of benzene rings is 1. The molecule has 0 saturated heterocycles. The van der Waals surface area contributed by atoms with Crippen LogP contribution in [0.3, 0.4) is 0 Å². The van der Waals surface area contributed by atoms with E-state index in [-0.39, 0.29) is 11.4 Å². The molecule has 1 rings (SSSR count). The molecule has 0 aliphatic rings. The number of carbonyl (C=O) groups excluding carboxylic acids is 1. The van der Waals surface area contributed by atoms with E-state index in [4.69, 9.17) is 11.5 Å². The fourth-order valence-electron chi connectivity index (χ4n) is 0.796.